The van der Waals surface area contributed by atoms with Crippen LogP contribution in [0.3, 0.4) is 0 Å². The zero-order chi connectivity index (χ0) is 20.1. The fourth-order valence-electron chi connectivity index (χ4n) is 3.21. The molecular weight excluding hydrogens is 366 g/mol. The number of carbonyl (C=O) groups is 1. The van der Waals surface area contributed by atoms with Crippen molar-refractivity contribution in [2.24, 2.45) is 0 Å². The number of carbonyl (C=O) groups excluding carboxylic acids is 1. The fourth-order valence-corrected chi connectivity index (χ4v) is 3.21. The van der Waals surface area contributed by atoms with Crippen LogP contribution >= 0.6 is 0 Å². The van der Waals surface area contributed by atoms with Gasteiger partial charge in [0.05, 0.1) is 11.0 Å². The second kappa shape index (κ2) is 8.68. The Morgan fingerprint density at radius 2 is 1.93 bits per heavy atom. The van der Waals surface area contributed by atoms with Gasteiger partial charge in [0.1, 0.15) is 6.33 Å². The van der Waals surface area contributed by atoms with Gasteiger partial charge in [0.15, 0.2) is 5.82 Å². The number of rotatable bonds is 8. The van der Waals surface area contributed by atoms with E-state index < -0.39 is 0 Å². The smallest absolute Gasteiger partial charge is 0.226 e. The molecule has 7 heteroatoms. The zero-order valence-electron chi connectivity index (χ0n) is 16.3. The lowest BCUT2D eigenvalue weighted by molar-refractivity contribution is -0.116. The van der Waals surface area contributed by atoms with Crippen LogP contribution in [0.2, 0.25) is 0 Å². The van der Waals surface area contributed by atoms with Crippen LogP contribution in [0.4, 0.5) is 5.69 Å². The molecule has 0 saturated carbocycles. The first-order valence-electron chi connectivity index (χ1n) is 9.87. The summed E-state index contributed by atoms with van der Waals surface area (Å²) in [5, 5.41) is 6.86. The first-order valence-corrected chi connectivity index (χ1v) is 9.87. The number of hydrogen-bond donors (Lipinski definition) is 1. The van der Waals surface area contributed by atoms with Crippen molar-refractivity contribution in [3.05, 3.63) is 66.6 Å². The number of hydrogen-bond acceptors (Lipinski definition) is 5. The highest BCUT2D eigenvalue weighted by Gasteiger charge is 2.08. The molecule has 0 saturated heterocycles. The highest BCUT2D eigenvalue weighted by atomic mass is 16.5. The normalized spacial score (nSPS) is 11.1. The Hall–Kier alpha value is -3.48. The van der Waals surface area contributed by atoms with E-state index >= 15 is 0 Å². The lowest BCUT2D eigenvalue weighted by atomic mass is 10.2. The largest absolute Gasteiger partial charge is 0.339 e. The third-order valence-electron chi connectivity index (χ3n) is 4.66. The van der Waals surface area contributed by atoms with Gasteiger partial charge < -0.3 is 9.84 Å². The molecule has 2 aromatic heterocycles. The van der Waals surface area contributed by atoms with Gasteiger partial charge >= 0.3 is 0 Å². The summed E-state index contributed by atoms with van der Waals surface area (Å²) >= 11 is 0. The van der Waals surface area contributed by atoms with Crippen LogP contribution in [0.25, 0.3) is 16.7 Å². The number of amides is 1. The van der Waals surface area contributed by atoms with Gasteiger partial charge in [0.25, 0.3) is 0 Å². The summed E-state index contributed by atoms with van der Waals surface area (Å²) in [6, 6.07) is 15.7. The van der Waals surface area contributed by atoms with E-state index in [1.54, 1.807) is 0 Å². The lowest BCUT2D eigenvalue weighted by Gasteiger charge is -2.08. The SMILES string of the molecule is CCCc1noc(CCCC(=O)Nc2ccc(-n3cnc4ccccc43)cc2)n1. The minimum absolute atomic E-state index is 0.0286. The number of nitrogens with zero attached hydrogens (tertiary/aromatic N) is 4. The van der Waals surface area contributed by atoms with Crippen LogP contribution in [0.15, 0.2) is 59.4 Å². The van der Waals surface area contributed by atoms with E-state index in [1.807, 2.05) is 59.4 Å². The molecule has 7 nitrogen and oxygen atoms in total. The van der Waals surface area contributed by atoms with Crippen LogP contribution in [0.1, 0.15) is 37.9 Å². The van der Waals surface area contributed by atoms with E-state index in [0.717, 1.165) is 41.1 Å². The summed E-state index contributed by atoms with van der Waals surface area (Å²) in [6.07, 6.45) is 5.28. The number of benzene rings is 2. The first-order chi connectivity index (χ1) is 14.2. The van der Waals surface area contributed by atoms with Gasteiger partial charge in [-0.1, -0.05) is 24.2 Å². The fraction of sp³-hybridized carbons (Fsp3) is 0.273. The van der Waals surface area contributed by atoms with E-state index in [9.17, 15) is 4.79 Å². The molecular formula is C22H23N5O2. The predicted molar refractivity (Wildman–Crippen MR) is 111 cm³/mol. The number of nitrogens with one attached hydrogen (secondary N) is 1. The minimum Gasteiger partial charge on any atom is -0.339 e. The number of aryl methyl sites for hydroxylation is 2. The van der Waals surface area contributed by atoms with Crippen LogP contribution in [0.5, 0.6) is 0 Å². The third-order valence-corrected chi connectivity index (χ3v) is 4.66. The number of para-hydroxylation sites is 2. The molecule has 0 fully saturated rings. The maximum Gasteiger partial charge on any atom is 0.226 e. The maximum absolute atomic E-state index is 12.2. The Balaban J connectivity index is 1.30. The van der Waals surface area contributed by atoms with Gasteiger partial charge in [0.2, 0.25) is 11.8 Å². The molecule has 0 radical (unpaired) electrons. The zero-order valence-corrected chi connectivity index (χ0v) is 16.3. The van der Waals surface area contributed by atoms with E-state index in [1.165, 1.54) is 0 Å². The Morgan fingerprint density at radius 1 is 1.10 bits per heavy atom. The van der Waals surface area contributed by atoms with Gasteiger partial charge in [-0.25, -0.2) is 4.98 Å². The van der Waals surface area contributed by atoms with Crippen LogP contribution < -0.4 is 5.32 Å². The second-order valence-electron chi connectivity index (χ2n) is 6.91. The molecule has 1 amide bonds. The summed E-state index contributed by atoms with van der Waals surface area (Å²) in [4.78, 5) is 20.9. The molecule has 0 bridgehead atoms. The van der Waals surface area contributed by atoms with Gasteiger partial charge in [-0.2, -0.15) is 4.98 Å². The Labute approximate surface area is 168 Å². The number of fused-ring (bicyclic) bond motifs is 1. The Morgan fingerprint density at radius 3 is 2.76 bits per heavy atom. The van der Waals surface area contributed by atoms with Gasteiger partial charge in [-0.3, -0.25) is 9.36 Å². The molecule has 2 heterocycles. The van der Waals surface area contributed by atoms with Crippen molar-refractivity contribution in [3.63, 3.8) is 0 Å². The monoisotopic (exact) mass is 389 g/mol. The van der Waals surface area contributed by atoms with Crippen molar-refractivity contribution in [1.29, 1.82) is 0 Å². The minimum atomic E-state index is -0.0286. The molecule has 0 aliphatic heterocycles. The average molecular weight is 389 g/mol. The molecule has 0 atom stereocenters. The van der Waals surface area contributed by atoms with Gasteiger partial charge in [-0.15, -0.1) is 0 Å². The van der Waals surface area contributed by atoms with E-state index in [2.05, 4.69) is 27.4 Å². The van der Waals surface area contributed by atoms with Crippen LogP contribution in [-0.2, 0) is 17.6 Å². The lowest BCUT2D eigenvalue weighted by Crippen LogP contribution is -2.11. The molecule has 0 unspecified atom stereocenters. The number of aromatic nitrogens is 4. The average Bonchev–Trinajstić information content (AvgIpc) is 3.36. The molecule has 29 heavy (non-hydrogen) atoms. The van der Waals surface area contributed by atoms with Crippen molar-refractivity contribution < 1.29 is 9.32 Å². The van der Waals surface area contributed by atoms with E-state index in [0.29, 0.717) is 25.2 Å². The quantitative estimate of drug-likeness (QED) is 0.485. The van der Waals surface area contributed by atoms with Gasteiger partial charge in [0, 0.05) is 30.6 Å². The molecule has 4 aromatic rings. The van der Waals surface area contributed by atoms with Crippen LogP contribution in [-0.4, -0.2) is 25.6 Å². The molecule has 0 spiro atoms. The van der Waals surface area contributed by atoms with E-state index in [-0.39, 0.29) is 5.91 Å². The highest BCUT2D eigenvalue weighted by Crippen LogP contribution is 2.19. The summed E-state index contributed by atoms with van der Waals surface area (Å²) in [5.41, 5.74) is 3.77. The van der Waals surface area contributed by atoms with Gasteiger partial charge in [-0.05, 0) is 49.2 Å². The Kier molecular flexibility index (Phi) is 5.65. The second-order valence-corrected chi connectivity index (χ2v) is 6.91. The van der Waals surface area contributed by atoms with Crippen molar-refractivity contribution >= 4 is 22.6 Å². The standard InChI is InChI=1S/C22H23N5O2/c1-2-6-20-25-22(29-26-20)10-5-9-21(28)24-16-11-13-17(14-12-16)27-15-23-18-7-3-4-8-19(18)27/h3-4,7-8,11-15H,2,5-6,9-10H2,1H3,(H,24,28). The van der Waals surface area contributed by atoms with Crippen molar-refractivity contribution in [2.75, 3.05) is 5.32 Å². The molecule has 0 aliphatic rings. The summed E-state index contributed by atoms with van der Waals surface area (Å²) in [7, 11) is 0. The predicted octanol–water partition coefficient (Wildman–Crippen LogP) is 4.32. The van der Waals surface area contributed by atoms with Crippen LogP contribution in [0, 0.1) is 0 Å². The first kappa shape index (κ1) is 18.9. The summed E-state index contributed by atoms with van der Waals surface area (Å²) in [6.45, 7) is 2.07. The highest BCUT2D eigenvalue weighted by molar-refractivity contribution is 5.90. The third kappa shape index (κ3) is 4.51. The molecule has 148 valence electrons. The van der Waals surface area contributed by atoms with Crippen molar-refractivity contribution in [2.45, 2.75) is 39.0 Å². The van der Waals surface area contributed by atoms with Crippen molar-refractivity contribution in [1.82, 2.24) is 19.7 Å². The summed E-state index contributed by atoms with van der Waals surface area (Å²) < 4.78 is 7.22. The number of anilines is 1. The summed E-state index contributed by atoms with van der Waals surface area (Å²) in [5.74, 6) is 1.30. The molecule has 0 aliphatic carbocycles. The number of imidazole rings is 1. The maximum atomic E-state index is 12.2. The molecule has 2 aromatic carbocycles. The Bertz CT molecular complexity index is 1100. The molecule has 4 rings (SSSR count). The van der Waals surface area contributed by atoms with Crippen molar-refractivity contribution in [3.8, 4) is 5.69 Å². The topological polar surface area (TPSA) is 85.8 Å². The molecule has 1 N–H and O–H groups in total. The van der Waals surface area contributed by atoms with E-state index in [4.69, 9.17) is 4.52 Å².